The number of rotatable bonds is 6. The molecule has 0 spiro atoms. The van der Waals surface area contributed by atoms with Gasteiger partial charge in [-0.1, -0.05) is 0 Å². The van der Waals surface area contributed by atoms with E-state index in [1.54, 1.807) is 18.1 Å². The zero-order valence-corrected chi connectivity index (χ0v) is 11.7. The molecule has 0 atom stereocenters. The number of aliphatic hydroxyl groups is 1. The van der Waals surface area contributed by atoms with Gasteiger partial charge in [0.25, 0.3) is 5.91 Å². The number of nitrogen functional groups attached to an aromatic ring is 1. The zero-order chi connectivity index (χ0) is 14.5. The topological polar surface area (TPSA) is 82.3 Å². The van der Waals surface area contributed by atoms with Crippen LogP contribution in [-0.4, -0.2) is 41.1 Å². The van der Waals surface area contributed by atoms with Crippen molar-refractivity contribution in [2.45, 2.75) is 19.3 Å². The van der Waals surface area contributed by atoms with Gasteiger partial charge < -0.3 is 20.7 Å². The van der Waals surface area contributed by atoms with Crippen molar-refractivity contribution in [1.82, 2.24) is 9.88 Å². The molecule has 1 amide bonds. The summed E-state index contributed by atoms with van der Waals surface area (Å²) >= 11 is 0. The molecule has 5 heteroatoms. The number of aromatic amines is 1. The van der Waals surface area contributed by atoms with Crippen molar-refractivity contribution in [3.63, 3.8) is 0 Å². The van der Waals surface area contributed by atoms with E-state index < -0.39 is 0 Å². The van der Waals surface area contributed by atoms with Crippen LogP contribution in [0, 0.1) is 0 Å². The summed E-state index contributed by atoms with van der Waals surface area (Å²) in [5.41, 5.74) is 7.99. The normalized spacial score (nSPS) is 10.9. The number of carbonyl (C=O) groups is 1. The molecule has 4 N–H and O–H groups in total. The van der Waals surface area contributed by atoms with Crippen molar-refractivity contribution in [3.8, 4) is 0 Å². The molecule has 0 fully saturated rings. The number of carbonyl (C=O) groups excluding carboxylic acids is 1. The Hall–Kier alpha value is -2.01. The minimum Gasteiger partial charge on any atom is -0.399 e. The van der Waals surface area contributed by atoms with Gasteiger partial charge in [0.05, 0.1) is 5.56 Å². The molecule has 0 aliphatic carbocycles. The number of hydrogen-bond donors (Lipinski definition) is 3. The molecule has 0 saturated heterocycles. The molecule has 2 aromatic rings. The first-order valence-electron chi connectivity index (χ1n) is 6.86. The van der Waals surface area contributed by atoms with Gasteiger partial charge in [-0.15, -0.1) is 0 Å². The Morgan fingerprint density at radius 3 is 2.90 bits per heavy atom. The summed E-state index contributed by atoms with van der Waals surface area (Å²) < 4.78 is 0. The number of anilines is 1. The predicted octanol–water partition coefficient (Wildman–Crippen LogP) is 1.98. The first-order valence-corrected chi connectivity index (χ1v) is 6.86. The predicted molar refractivity (Wildman–Crippen MR) is 80.6 cm³/mol. The van der Waals surface area contributed by atoms with Crippen LogP contribution in [-0.2, 0) is 0 Å². The number of aromatic nitrogens is 1. The van der Waals surface area contributed by atoms with E-state index in [2.05, 4.69) is 4.98 Å². The summed E-state index contributed by atoms with van der Waals surface area (Å²) in [4.78, 5) is 17.2. The van der Waals surface area contributed by atoms with Crippen LogP contribution < -0.4 is 5.73 Å². The Labute approximate surface area is 118 Å². The summed E-state index contributed by atoms with van der Waals surface area (Å²) in [6, 6.07) is 5.51. The van der Waals surface area contributed by atoms with Crippen LogP contribution in [0.5, 0.6) is 0 Å². The van der Waals surface area contributed by atoms with E-state index in [1.165, 1.54) is 0 Å². The van der Waals surface area contributed by atoms with Crippen LogP contribution in [0.15, 0.2) is 24.4 Å². The van der Waals surface area contributed by atoms with Crippen molar-refractivity contribution in [3.05, 3.63) is 30.0 Å². The molecule has 0 aliphatic rings. The highest BCUT2D eigenvalue weighted by Gasteiger charge is 2.15. The van der Waals surface area contributed by atoms with E-state index in [0.29, 0.717) is 17.8 Å². The SMILES string of the molecule is CN(CCCCCO)C(=O)c1c[nH]c2ccc(N)cc12. The fraction of sp³-hybridized carbons (Fsp3) is 0.400. The highest BCUT2D eigenvalue weighted by molar-refractivity contribution is 6.07. The number of fused-ring (bicyclic) bond motifs is 1. The molecule has 1 heterocycles. The van der Waals surface area contributed by atoms with E-state index in [-0.39, 0.29) is 12.5 Å². The summed E-state index contributed by atoms with van der Waals surface area (Å²) in [6.45, 7) is 0.896. The third-order valence-electron chi connectivity index (χ3n) is 3.43. The summed E-state index contributed by atoms with van der Waals surface area (Å²) in [6.07, 6.45) is 4.34. The number of amides is 1. The van der Waals surface area contributed by atoms with Crippen LogP contribution >= 0.6 is 0 Å². The Morgan fingerprint density at radius 1 is 1.35 bits per heavy atom. The molecule has 5 nitrogen and oxygen atoms in total. The number of hydrogen-bond acceptors (Lipinski definition) is 3. The van der Waals surface area contributed by atoms with Gasteiger partial charge in [0.2, 0.25) is 0 Å². The van der Waals surface area contributed by atoms with E-state index in [0.717, 1.165) is 30.2 Å². The van der Waals surface area contributed by atoms with Crippen molar-refractivity contribution >= 4 is 22.5 Å². The van der Waals surface area contributed by atoms with Gasteiger partial charge in [0.15, 0.2) is 0 Å². The molecular formula is C15H21N3O2. The fourth-order valence-electron chi connectivity index (χ4n) is 2.26. The highest BCUT2D eigenvalue weighted by Crippen LogP contribution is 2.22. The van der Waals surface area contributed by atoms with E-state index in [9.17, 15) is 4.79 Å². The van der Waals surface area contributed by atoms with Crippen LogP contribution in [0.25, 0.3) is 10.9 Å². The number of nitrogens with one attached hydrogen (secondary N) is 1. The van der Waals surface area contributed by atoms with Crippen molar-refractivity contribution < 1.29 is 9.90 Å². The van der Waals surface area contributed by atoms with E-state index in [1.807, 2.05) is 18.2 Å². The maximum Gasteiger partial charge on any atom is 0.255 e. The second-order valence-electron chi connectivity index (χ2n) is 5.02. The lowest BCUT2D eigenvalue weighted by Gasteiger charge is -2.16. The number of nitrogens with zero attached hydrogens (tertiary/aromatic N) is 1. The van der Waals surface area contributed by atoms with Crippen LogP contribution in [0.1, 0.15) is 29.6 Å². The summed E-state index contributed by atoms with van der Waals surface area (Å²) in [5, 5.41) is 9.60. The largest absolute Gasteiger partial charge is 0.399 e. The Bertz CT molecular complexity index is 592. The molecule has 0 bridgehead atoms. The smallest absolute Gasteiger partial charge is 0.255 e. The lowest BCUT2D eigenvalue weighted by molar-refractivity contribution is 0.0794. The summed E-state index contributed by atoms with van der Waals surface area (Å²) in [7, 11) is 1.80. The average molecular weight is 275 g/mol. The first-order chi connectivity index (χ1) is 9.63. The molecule has 108 valence electrons. The van der Waals surface area contributed by atoms with Crippen LogP contribution in [0.4, 0.5) is 5.69 Å². The number of unbranched alkanes of at least 4 members (excludes halogenated alkanes) is 2. The van der Waals surface area contributed by atoms with Crippen molar-refractivity contribution in [1.29, 1.82) is 0 Å². The van der Waals surface area contributed by atoms with Crippen molar-refractivity contribution in [2.24, 2.45) is 0 Å². The van der Waals surface area contributed by atoms with Gasteiger partial charge >= 0.3 is 0 Å². The number of H-pyrrole nitrogens is 1. The Kier molecular flexibility index (Phi) is 4.63. The number of nitrogens with two attached hydrogens (primary N) is 1. The lowest BCUT2D eigenvalue weighted by atomic mass is 10.1. The maximum atomic E-state index is 12.4. The van der Waals surface area contributed by atoms with Crippen LogP contribution in [0.2, 0.25) is 0 Å². The quantitative estimate of drug-likeness (QED) is 0.557. The van der Waals surface area contributed by atoms with E-state index in [4.69, 9.17) is 10.8 Å². The van der Waals surface area contributed by atoms with Crippen molar-refractivity contribution in [2.75, 3.05) is 25.9 Å². The highest BCUT2D eigenvalue weighted by atomic mass is 16.2. The molecule has 0 saturated carbocycles. The Balaban J connectivity index is 2.08. The molecule has 0 unspecified atom stereocenters. The first kappa shape index (κ1) is 14.4. The Morgan fingerprint density at radius 2 is 2.15 bits per heavy atom. The summed E-state index contributed by atoms with van der Waals surface area (Å²) in [5.74, 6) is -0.00847. The lowest BCUT2D eigenvalue weighted by Crippen LogP contribution is -2.27. The van der Waals surface area contributed by atoms with E-state index >= 15 is 0 Å². The third kappa shape index (κ3) is 3.11. The minimum atomic E-state index is -0.00847. The monoisotopic (exact) mass is 275 g/mol. The average Bonchev–Trinajstić information content (AvgIpc) is 2.85. The maximum absolute atomic E-state index is 12.4. The molecule has 0 radical (unpaired) electrons. The van der Waals surface area contributed by atoms with Gasteiger partial charge in [0.1, 0.15) is 0 Å². The molecule has 20 heavy (non-hydrogen) atoms. The number of benzene rings is 1. The van der Waals surface area contributed by atoms with Gasteiger partial charge in [-0.2, -0.15) is 0 Å². The third-order valence-corrected chi connectivity index (χ3v) is 3.43. The molecule has 1 aromatic heterocycles. The van der Waals surface area contributed by atoms with Gasteiger partial charge in [-0.05, 0) is 37.5 Å². The number of aliphatic hydroxyl groups excluding tert-OH is 1. The van der Waals surface area contributed by atoms with Gasteiger partial charge in [-0.25, -0.2) is 0 Å². The molecule has 2 rings (SSSR count). The molecular weight excluding hydrogens is 254 g/mol. The van der Waals surface area contributed by atoms with Gasteiger partial charge in [-0.3, -0.25) is 4.79 Å². The minimum absolute atomic E-state index is 0.00847. The van der Waals surface area contributed by atoms with Gasteiger partial charge in [0, 0.05) is 43.0 Å². The second kappa shape index (κ2) is 6.43. The molecule has 0 aliphatic heterocycles. The zero-order valence-electron chi connectivity index (χ0n) is 11.7. The molecule has 1 aromatic carbocycles. The van der Waals surface area contributed by atoms with Crippen LogP contribution in [0.3, 0.4) is 0 Å². The fourth-order valence-corrected chi connectivity index (χ4v) is 2.26. The second-order valence-corrected chi connectivity index (χ2v) is 5.02. The standard InChI is InChI=1S/C15H21N3O2/c1-18(7-3-2-4-8-19)15(20)13-10-17-14-6-5-11(16)9-12(13)14/h5-6,9-10,17,19H,2-4,7-8,16H2,1H3.